The van der Waals surface area contributed by atoms with Gasteiger partial charge >= 0.3 is 0 Å². The molecule has 0 saturated carbocycles. The Morgan fingerprint density at radius 3 is 2.41 bits per heavy atom. The van der Waals surface area contributed by atoms with E-state index in [2.05, 4.69) is 19.2 Å². The molecule has 1 fully saturated rings. The minimum atomic E-state index is -0.162. The smallest absolute Gasteiger partial charge is 0.229 e. The summed E-state index contributed by atoms with van der Waals surface area (Å²) in [5, 5.41) is 2.78. The number of hydrogen-bond donors (Lipinski definition) is 1. The van der Waals surface area contributed by atoms with Crippen molar-refractivity contribution < 1.29 is 14.4 Å². The summed E-state index contributed by atoms with van der Waals surface area (Å²) in [5.41, 5.74) is 0. The Labute approximate surface area is 102 Å². The number of carbonyl (C=O) groups excluding carboxylic acids is 3. The van der Waals surface area contributed by atoms with Crippen molar-refractivity contribution in [3.8, 4) is 0 Å². The second-order valence-electron chi connectivity index (χ2n) is 4.72. The third-order valence-corrected chi connectivity index (χ3v) is 2.76. The van der Waals surface area contributed by atoms with Gasteiger partial charge in [-0.05, 0) is 12.3 Å². The van der Waals surface area contributed by atoms with Crippen molar-refractivity contribution in [2.45, 2.75) is 39.5 Å². The summed E-state index contributed by atoms with van der Waals surface area (Å²) < 4.78 is 0. The maximum absolute atomic E-state index is 11.4. The fourth-order valence-electron chi connectivity index (χ4n) is 1.67. The predicted octanol–water partition coefficient (Wildman–Crippen LogP) is 0.688. The van der Waals surface area contributed by atoms with Crippen LogP contribution in [-0.4, -0.2) is 35.7 Å². The van der Waals surface area contributed by atoms with E-state index in [1.165, 1.54) is 4.90 Å². The first-order valence-corrected chi connectivity index (χ1v) is 6.10. The Kier molecular flexibility index (Phi) is 5.12. The van der Waals surface area contributed by atoms with E-state index in [1.54, 1.807) is 0 Å². The third kappa shape index (κ3) is 4.54. The standard InChI is InChI=1S/C12H20N2O3/c1-9(2)5-7-13-10(15)6-8-14-11(16)3-4-12(14)17/h9H,3-8H2,1-2H3,(H,13,15). The fraction of sp³-hybridized carbons (Fsp3) is 0.750. The molecule has 0 aromatic rings. The van der Waals surface area contributed by atoms with Crippen molar-refractivity contribution in [1.29, 1.82) is 0 Å². The normalized spacial score (nSPS) is 15.8. The monoisotopic (exact) mass is 240 g/mol. The van der Waals surface area contributed by atoms with Crippen LogP contribution in [0.1, 0.15) is 39.5 Å². The van der Waals surface area contributed by atoms with E-state index in [0.717, 1.165) is 6.42 Å². The maximum atomic E-state index is 11.4. The molecule has 17 heavy (non-hydrogen) atoms. The highest BCUT2D eigenvalue weighted by Crippen LogP contribution is 2.11. The number of imide groups is 1. The largest absolute Gasteiger partial charge is 0.356 e. The number of likely N-dealkylation sites (tertiary alicyclic amines) is 1. The molecule has 5 nitrogen and oxygen atoms in total. The summed E-state index contributed by atoms with van der Waals surface area (Å²) in [4.78, 5) is 35.2. The van der Waals surface area contributed by atoms with Gasteiger partial charge in [0.05, 0.1) is 0 Å². The van der Waals surface area contributed by atoms with Gasteiger partial charge in [0.25, 0.3) is 0 Å². The van der Waals surface area contributed by atoms with Gasteiger partial charge in [-0.3, -0.25) is 19.3 Å². The summed E-state index contributed by atoms with van der Waals surface area (Å²) in [6.07, 6.45) is 1.71. The van der Waals surface area contributed by atoms with E-state index < -0.39 is 0 Å². The zero-order valence-electron chi connectivity index (χ0n) is 10.5. The minimum absolute atomic E-state index is 0.0989. The molecular formula is C12H20N2O3. The zero-order chi connectivity index (χ0) is 12.8. The lowest BCUT2D eigenvalue weighted by Gasteiger charge is -2.13. The molecule has 0 aliphatic carbocycles. The Balaban J connectivity index is 2.19. The van der Waals surface area contributed by atoms with Crippen molar-refractivity contribution in [2.75, 3.05) is 13.1 Å². The van der Waals surface area contributed by atoms with E-state index in [9.17, 15) is 14.4 Å². The zero-order valence-corrected chi connectivity index (χ0v) is 10.5. The van der Waals surface area contributed by atoms with Crippen molar-refractivity contribution >= 4 is 17.7 Å². The van der Waals surface area contributed by atoms with E-state index >= 15 is 0 Å². The molecule has 0 spiro atoms. The Morgan fingerprint density at radius 2 is 1.88 bits per heavy atom. The molecule has 0 unspecified atom stereocenters. The van der Waals surface area contributed by atoms with Gasteiger partial charge in [0.2, 0.25) is 17.7 Å². The molecule has 96 valence electrons. The fourth-order valence-corrected chi connectivity index (χ4v) is 1.67. The lowest BCUT2D eigenvalue weighted by atomic mass is 10.1. The average Bonchev–Trinajstić information content (AvgIpc) is 2.55. The summed E-state index contributed by atoms with van der Waals surface area (Å²) >= 11 is 0. The predicted molar refractivity (Wildman–Crippen MR) is 63.0 cm³/mol. The first-order valence-electron chi connectivity index (χ1n) is 6.10. The molecule has 1 N–H and O–H groups in total. The van der Waals surface area contributed by atoms with Gasteiger partial charge in [0.1, 0.15) is 0 Å². The second-order valence-corrected chi connectivity index (χ2v) is 4.72. The Bertz CT molecular complexity index is 297. The molecule has 1 heterocycles. The maximum Gasteiger partial charge on any atom is 0.229 e. The average molecular weight is 240 g/mol. The van der Waals surface area contributed by atoms with Crippen molar-refractivity contribution in [3.63, 3.8) is 0 Å². The van der Waals surface area contributed by atoms with Gasteiger partial charge in [0, 0.05) is 32.4 Å². The van der Waals surface area contributed by atoms with E-state index in [4.69, 9.17) is 0 Å². The highest BCUT2D eigenvalue weighted by atomic mass is 16.2. The second kappa shape index (κ2) is 6.37. The SMILES string of the molecule is CC(C)CCNC(=O)CCN1C(=O)CCC1=O. The summed E-state index contributed by atoms with van der Waals surface area (Å²) in [5.74, 6) is 0.130. The molecule has 0 aromatic carbocycles. The molecule has 0 bridgehead atoms. The molecule has 1 rings (SSSR count). The minimum Gasteiger partial charge on any atom is -0.356 e. The summed E-state index contributed by atoms with van der Waals surface area (Å²) in [6.45, 7) is 5.05. The molecule has 0 atom stereocenters. The molecule has 0 aromatic heterocycles. The van der Waals surface area contributed by atoms with Crippen LogP contribution < -0.4 is 5.32 Å². The number of carbonyl (C=O) groups is 3. The van der Waals surface area contributed by atoms with Crippen molar-refractivity contribution in [3.05, 3.63) is 0 Å². The van der Waals surface area contributed by atoms with Crippen LogP contribution in [0.4, 0.5) is 0 Å². The van der Waals surface area contributed by atoms with E-state index in [0.29, 0.717) is 12.5 Å². The van der Waals surface area contributed by atoms with Crippen LogP contribution in [-0.2, 0) is 14.4 Å². The van der Waals surface area contributed by atoms with Crippen LogP contribution >= 0.6 is 0 Å². The summed E-state index contributed by atoms with van der Waals surface area (Å²) in [6, 6.07) is 0. The van der Waals surface area contributed by atoms with E-state index in [-0.39, 0.29) is 43.5 Å². The molecule has 1 aliphatic rings. The first-order chi connectivity index (χ1) is 8.00. The van der Waals surface area contributed by atoms with Gasteiger partial charge in [-0.2, -0.15) is 0 Å². The van der Waals surface area contributed by atoms with Crippen LogP contribution in [0.15, 0.2) is 0 Å². The molecule has 1 saturated heterocycles. The highest BCUT2D eigenvalue weighted by molar-refractivity contribution is 6.02. The topological polar surface area (TPSA) is 66.5 Å². The van der Waals surface area contributed by atoms with Crippen LogP contribution in [0, 0.1) is 5.92 Å². The molecule has 5 heteroatoms. The van der Waals surface area contributed by atoms with Crippen molar-refractivity contribution in [2.24, 2.45) is 5.92 Å². The molecule has 1 aliphatic heterocycles. The number of amides is 3. The van der Waals surface area contributed by atoms with Crippen LogP contribution in [0.5, 0.6) is 0 Å². The lowest BCUT2D eigenvalue weighted by molar-refractivity contribution is -0.138. The highest BCUT2D eigenvalue weighted by Gasteiger charge is 2.28. The van der Waals surface area contributed by atoms with E-state index in [1.807, 2.05) is 0 Å². The van der Waals surface area contributed by atoms with Crippen LogP contribution in [0.3, 0.4) is 0 Å². The summed E-state index contributed by atoms with van der Waals surface area (Å²) in [7, 11) is 0. The molecular weight excluding hydrogens is 220 g/mol. The van der Waals surface area contributed by atoms with Crippen LogP contribution in [0.2, 0.25) is 0 Å². The van der Waals surface area contributed by atoms with Gasteiger partial charge in [-0.25, -0.2) is 0 Å². The number of rotatable bonds is 6. The quantitative estimate of drug-likeness (QED) is 0.694. The Morgan fingerprint density at radius 1 is 1.29 bits per heavy atom. The number of nitrogens with zero attached hydrogens (tertiary/aromatic N) is 1. The van der Waals surface area contributed by atoms with Gasteiger partial charge in [-0.15, -0.1) is 0 Å². The van der Waals surface area contributed by atoms with Crippen LogP contribution in [0.25, 0.3) is 0 Å². The number of hydrogen-bond acceptors (Lipinski definition) is 3. The molecule has 3 amide bonds. The lowest BCUT2D eigenvalue weighted by Crippen LogP contribution is -2.34. The van der Waals surface area contributed by atoms with Crippen molar-refractivity contribution in [1.82, 2.24) is 10.2 Å². The van der Waals surface area contributed by atoms with Gasteiger partial charge in [0.15, 0.2) is 0 Å². The number of nitrogens with one attached hydrogen (secondary N) is 1. The first kappa shape index (κ1) is 13.7. The Hall–Kier alpha value is -1.39. The van der Waals surface area contributed by atoms with Gasteiger partial charge in [-0.1, -0.05) is 13.8 Å². The van der Waals surface area contributed by atoms with Gasteiger partial charge < -0.3 is 5.32 Å². The molecule has 0 radical (unpaired) electrons. The third-order valence-electron chi connectivity index (χ3n) is 2.76.